The summed E-state index contributed by atoms with van der Waals surface area (Å²) in [6, 6.07) is 10.2. The van der Waals surface area contributed by atoms with Gasteiger partial charge in [-0.3, -0.25) is 0 Å². The van der Waals surface area contributed by atoms with Crippen LogP contribution in [0.15, 0.2) is 52.3 Å². The van der Waals surface area contributed by atoms with Crippen molar-refractivity contribution in [1.29, 1.82) is 0 Å². The number of aliphatic hydroxyl groups excluding tert-OH is 1. The zero-order valence-corrected chi connectivity index (χ0v) is 24.9. The van der Waals surface area contributed by atoms with Crippen LogP contribution in [0, 0.1) is 23.7 Å². The van der Waals surface area contributed by atoms with E-state index in [0.717, 1.165) is 0 Å². The molecule has 3 rings (SSSR count). The second-order valence-corrected chi connectivity index (χ2v) is 14.2. The third kappa shape index (κ3) is 7.13. The van der Waals surface area contributed by atoms with Gasteiger partial charge in [-0.25, -0.2) is 16.8 Å². The van der Waals surface area contributed by atoms with E-state index in [0.29, 0.717) is 23.7 Å². The van der Waals surface area contributed by atoms with Crippen molar-refractivity contribution in [3.05, 3.63) is 48.0 Å². The van der Waals surface area contributed by atoms with Crippen LogP contribution in [0.2, 0.25) is 0 Å². The van der Waals surface area contributed by atoms with Gasteiger partial charge in [0.15, 0.2) is 0 Å². The average molecular weight is 579 g/mol. The molecule has 0 saturated carbocycles. The highest BCUT2D eigenvalue weighted by Crippen LogP contribution is 2.34. The Labute approximate surface area is 232 Å². The second-order valence-electron chi connectivity index (χ2n) is 10.3. The monoisotopic (exact) mass is 578 g/mol. The van der Waals surface area contributed by atoms with Crippen LogP contribution in [-0.2, 0) is 20.0 Å². The average Bonchev–Trinajstić information content (AvgIpc) is 2.89. The molecular weight excluding hydrogens is 540 g/mol. The Balaban J connectivity index is 2.04. The van der Waals surface area contributed by atoms with Gasteiger partial charge < -0.3 is 14.6 Å². The second kappa shape index (κ2) is 12.7. The third-order valence-electron chi connectivity index (χ3n) is 6.60. The molecule has 11 heteroatoms. The van der Waals surface area contributed by atoms with Gasteiger partial charge in [0.25, 0.3) is 0 Å². The lowest BCUT2D eigenvalue weighted by Crippen LogP contribution is -2.50. The molecule has 2 aromatic carbocycles. The van der Waals surface area contributed by atoms with E-state index in [-0.39, 0.29) is 35.2 Å². The van der Waals surface area contributed by atoms with Gasteiger partial charge in [0.2, 0.25) is 20.0 Å². The van der Waals surface area contributed by atoms with Gasteiger partial charge in [0.1, 0.15) is 22.5 Å². The first-order valence-electron chi connectivity index (χ1n) is 12.8. The Morgan fingerprint density at radius 3 is 2.56 bits per heavy atom. The summed E-state index contributed by atoms with van der Waals surface area (Å²) >= 11 is 0. The first-order chi connectivity index (χ1) is 18.3. The van der Waals surface area contributed by atoms with Gasteiger partial charge in [0, 0.05) is 43.6 Å². The van der Waals surface area contributed by atoms with E-state index in [1.54, 1.807) is 38.1 Å². The van der Waals surface area contributed by atoms with Crippen LogP contribution in [0.5, 0.6) is 11.5 Å². The highest BCUT2D eigenvalue weighted by atomic mass is 32.2. The third-order valence-corrected chi connectivity index (χ3v) is 10.4. The maximum Gasteiger partial charge on any atom is 0.247 e. The molecule has 1 heterocycles. The zero-order valence-electron chi connectivity index (χ0n) is 23.3. The normalized spacial score (nSPS) is 20.2. The minimum absolute atomic E-state index is 0.0369. The topological polar surface area (TPSA) is 113 Å². The van der Waals surface area contributed by atoms with E-state index in [1.807, 2.05) is 0 Å². The fraction of sp³-hybridized carbons (Fsp3) is 0.500. The van der Waals surface area contributed by atoms with Crippen molar-refractivity contribution < 1.29 is 31.4 Å². The molecule has 0 spiro atoms. The Morgan fingerprint density at radius 2 is 1.92 bits per heavy atom. The summed E-state index contributed by atoms with van der Waals surface area (Å²) in [6.45, 7) is 7.19. The first-order valence-corrected chi connectivity index (χ1v) is 15.7. The molecule has 0 radical (unpaired) electrons. The van der Waals surface area contributed by atoms with Crippen molar-refractivity contribution in [2.45, 2.75) is 56.1 Å². The number of benzene rings is 2. The highest BCUT2D eigenvalue weighted by molar-refractivity contribution is 7.89. The number of methoxy groups -OCH3 is 1. The van der Waals surface area contributed by atoms with Crippen molar-refractivity contribution in [2.24, 2.45) is 11.8 Å². The number of hydrogen-bond donors (Lipinski definition) is 1. The number of hydrogen-bond acceptors (Lipinski definition) is 7. The molecule has 1 aliphatic rings. The molecule has 39 heavy (non-hydrogen) atoms. The largest absolute Gasteiger partial charge is 0.497 e. The maximum absolute atomic E-state index is 13.7. The molecule has 3 atom stereocenters. The van der Waals surface area contributed by atoms with E-state index >= 15 is 0 Å². The van der Waals surface area contributed by atoms with Crippen LogP contribution in [0.4, 0.5) is 0 Å². The predicted octanol–water partition coefficient (Wildman–Crippen LogP) is 3.18. The maximum atomic E-state index is 13.7. The number of rotatable bonds is 8. The first kappa shape index (κ1) is 30.9. The summed E-state index contributed by atoms with van der Waals surface area (Å²) in [5.41, 5.74) is 0.593. The van der Waals surface area contributed by atoms with Crippen molar-refractivity contribution in [2.75, 3.05) is 33.9 Å². The van der Waals surface area contributed by atoms with Gasteiger partial charge in [0.05, 0.1) is 25.2 Å². The lowest BCUT2D eigenvalue weighted by molar-refractivity contribution is 0.0904. The highest BCUT2D eigenvalue weighted by Gasteiger charge is 2.39. The Kier molecular flexibility index (Phi) is 10.1. The Morgan fingerprint density at radius 1 is 1.21 bits per heavy atom. The quantitative estimate of drug-likeness (QED) is 0.479. The molecule has 9 nitrogen and oxygen atoms in total. The van der Waals surface area contributed by atoms with Crippen LogP contribution in [-0.4, -0.2) is 76.6 Å². The number of sulfonamides is 2. The van der Waals surface area contributed by atoms with Crippen molar-refractivity contribution in [3.63, 3.8) is 0 Å². The lowest BCUT2D eigenvalue weighted by Gasteiger charge is -2.37. The van der Waals surface area contributed by atoms with Gasteiger partial charge in [-0.1, -0.05) is 38.7 Å². The summed E-state index contributed by atoms with van der Waals surface area (Å²) in [7, 11) is -4.99. The van der Waals surface area contributed by atoms with Gasteiger partial charge in [-0.15, -0.1) is 0 Å². The smallest absolute Gasteiger partial charge is 0.247 e. The van der Waals surface area contributed by atoms with Crippen LogP contribution < -0.4 is 9.47 Å². The lowest BCUT2D eigenvalue weighted by atomic mass is 10.0. The molecule has 0 fully saturated rings. The minimum Gasteiger partial charge on any atom is -0.497 e. The summed E-state index contributed by atoms with van der Waals surface area (Å²) in [5.74, 6) is 6.65. The van der Waals surface area contributed by atoms with Gasteiger partial charge >= 0.3 is 0 Å². The van der Waals surface area contributed by atoms with Gasteiger partial charge in [-0.05, 0) is 43.2 Å². The molecule has 0 saturated heterocycles. The van der Waals surface area contributed by atoms with Gasteiger partial charge in [-0.2, -0.15) is 8.61 Å². The summed E-state index contributed by atoms with van der Waals surface area (Å²) < 4.78 is 68.0. The van der Waals surface area contributed by atoms with E-state index in [1.165, 1.54) is 41.0 Å². The Bertz CT molecular complexity index is 1430. The fourth-order valence-electron chi connectivity index (χ4n) is 4.17. The number of ether oxygens (including phenoxy) is 2. The molecular formula is C28H38N2O7S2. The number of nitrogens with zero attached hydrogens (tertiary/aromatic N) is 2. The molecule has 0 amide bonds. The van der Waals surface area contributed by atoms with Crippen molar-refractivity contribution in [3.8, 4) is 23.3 Å². The molecule has 0 aromatic heterocycles. The van der Waals surface area contributed by atoms with Crippen LogP contribution in [0.25, 0.3) is 0 Å². The molecule has 1 aliphatic heterocycles. The minimum atomic E-state index is -4.01. The number of fused-ring (bicyclic) bond motifs is 1. The van der Waals surface area contributed by atoms with E-state index in [9.17, 15) is 21.9 Å². The summed E-state index contributed by atoms with van der Waals surface area (Å²) in [6.07, 6.45) is -0.0122. The molecule has 0 bridgehead atoms. The zero-order chi connectivity index (χ0) is 29.0. The predicted molar refractivity (Wildman–Crippen MR) is 150 cm³/mol. The standard InChI is InChI=1S/C28H38N2O7S2/c1-20(2)9-7-10-23-13-14-28-26(15-23)37-27(21(3)17-30(22(4)19-31)39(28,34)35)18-29(5)38(32,33)25-12-8-11-24(16-25)36-6/h8,11-16,20-22,27,31H,9,17-19H2,1-6H3/t21-,22-,27-/m0/s1. The summed E-state index contributed by atoms with van der Waals surface area (Å²) in [4.78, 5) is 0.0245. The molecule has 0 unspecified atom stereocenters. The number of aliphatic hydroxyl groups is 1. The van der Waals surface area contributed by atoms with Crippen molar-refractivity contribution >= 4 is 20.0 Å². The van der Waals surface area contributed by atoms with E-state index < -0.39 is 38.1 Å². The summed E-state index contributed by atoms with van der Waals surface area (Å²) in [5, 5.41) is 9.84. The molecule has 2 aromatic rings. The molecule has 214 valence electrons. The molecule has 0 aliphatic carbocycles. The van der Waals surface area contributed by atoms with E-state index in [2.05, 4.69) is 25.7 Å². The van der Waals surface area contributed by atoms with Crippen LogP contribution in [0.1, 0.15) is 39.7 Å². The van der Waals surface area contributed by atoms with E-state index in [4.69, 9.17) is 9.47 Å². The van der Waals surface area contributed by atoms with Crippen molar-refractivity contribution in [1.82, 2.24) is 8.61 Å². The van der Waals surface area contributed by atoms with Crippen LogP contribution in [0.3, 0.4) is 0 Å². The fourth-order valence-corrected chi connectivity index (χ4v) is 7.22. The van der Waals surface area contributed by atoms with Crippen LogP contribution >= 0.6 is 0 Å². The molecule has 1 N–H and O–H groups in total. The SMILES string of the molecule is COc1cccc(S(=O)(=O)N(C)C[C@@H]2Oc3cc(C#CCC(C)C)ccc3S(=O)(=O)N([C@@H](C)CO)C[C@@H]2C)c1. The number of likely N-dealkylation sites (N-methyl/N-ethyl adjacent to an activating group) is 1. The Hall–Kier alpha value is -2.62.